The first-order valence-electron chi connectivity index (χ1n) is 8.02. The van der Waals surface area contributed by atoms with E-state index < -0.39 is 0 Å². The maximum absolute atomic E-state index is 12.2. The predicted molar refractivity (Wildman–Crippen MR) is 85.0 cm³/mol. The van der Waals surface area contributed by atoms with Crippen molar-refractivity contribution in [1.29, 1.82) is 0 Å². The van der Waals surface area contributed by atoms with Crippen molar-refractivity contribution in [3.63, 3.8) is 0 Å². The summed E-state index contributed by atoms with van der Waals surface area (Å²) in [6, 6.07) is 0. The lowest BCUT2D eigenvalue weighted by Crippen LogP contribution is -2.63. The normalized spacial score (nSPS) is 26.0. The molecule has 1 rings (SSSR count). The highest BCUT2D eigenvalue weighted by Gasteiger charge is 2.40. The van der Waals surface area contributed by atoms with Gasteiger partial charge in [-0.25, -0.2) is 0 Å². The molecule has 1 N–H and O–H groups in total. The number of hydrogen-bond acceptors (Lipinski definition) is 4. The van der Waals surface area contributed by atoms with Gasteiger partial charge in [-0.3, -0.25) is 10.1 Å². The number of rotatable bonds is 7. The van der Waals surface area contributed by atoms with Crippen LogP contribution in [-0.2, 0) is 14.3 Å². The Morgan fingerprint density at radius 2 is 2.10 bits per heavy atom. The lowest BCUT2D eigenvalue weighted by atomic mass is 9.92. The lowest BCUT2D eigenvalue weighted by molar-refractivity contribution is -0.153. The van der Waals surface area contributed by atoms with Gasteiger partial charge in [0.2, 0.25) is 0 Å². The largest absolute Gasteiger partial charge is 0.495 e. The van der Waals surface area contributed by atoms with Crippen molar-refractivity contribution in [3.8, 4) is 0 Å². The number of esters is 1. The SMILES string of the molecule is C=C1OCC(C)(COC(=O)C(CC)CCCC)NC1(C)C. The highest BCUT2D eigenvalue weighted by atomic mass is 16.5. The third-order valence-corrected chi connectivity index (χ3v) is 4.14. The molecule has 2 unspecified atom stereocenters. The van der Waals surface area contributed by atoms with Gasteiger partial charge in [-0.1, -0.05) is 33.3 Å². The monoisotopic (exact) mass is 297 g/mol. The zero-order valence-electron chi connectivity index (χ0n) is 14.3. The second-order valence-corrected chi connectivity index (χ2v) is 6.88. The molecule has 1 heterocycles. The average molecular weight is 297 g/mol. The van der Waals surface area contributed by atoms with Gasteiger partial charge in [0, 0.05) is 0 Å². The molecule has 0 aromatic rings. The smallest absolute Gasteiger partial charge is 0.308 e. The second-order valence-electron chi connectivity index (χ2n) is 6.88. The van der Waals surface area contributed by atoms with Gasteiger partial charge in [0.05, 0.1) is 17.0 Å². The summed E-state index contributed by atoms with van der Waals surface area (Å²) in [5.41, 5.74) is -0.685. The fraction of sp³-hybridized carbons (Fsp3) is 0.824. The Labute approximate surface area is 129 Å². The standard InChI is InChI=1S/C17H31NO3/c1-7-9-10-14(8-2)15(19)21-12-17(6)11-20-13(3)16(4,5)18-17/h14,18H,3,7-12H2,1-2,4-6H3. The van der Waals surface area contributed by atoms with Crippen molar-refractivity contribution in [2.24, 2.45) is 5.92 Å². The highest BCUT2D eigenvalue weighted by molar-refractivity contribution is 5.72. The maximum Gasteiger partial charge on any atom is 0.308 e. The molecule has 1 aliphatic rings. The molecule has 2 atom stereocenters. The van der Waals surface area contributed by atoms with Crippen LogP contribution in [-0.4, -0.2) is 30.3 Å². The van der Waals surface area contributed by atoms with E-state index in [2.05, 4.69) is 18.8 Å². The van der Waals surface area contributed by atoms with E-state index in [1.165, 1.54) is 0 Å². The van der Waals surface area contributed by atoms with Crippen molar-refractivity contribution in [1.82, 2.24) is 5.32 Å². The van der Waals surface area contributed by atoms with Crippen LogP contribution in [0.3, 0.4) is 0 Å². The molecule has 0 radical (unpaired) electrons. The molecule has 1 fully saturated rings. The molecule has 1 saturated heterocycles. The molecule has 4 heteroatoms. The molecular formula is C17H31NO3. The summed E-state index contributed by atoms with van der Waals surface area (Å²) in [5, 5.41) is 3.47. The van der Waals surface area contributed by atoms with Crippen LogP contribution >= 0.6 is 0 Å². The molecule has 122 valence electrons. The van der Waals surface area contributed by atoms with Gasteiger partial charge in [0.25, 0.3) is 0 Å². The Hall–Kier alpha value is -1.03. The Kier molecular flexibility index (Phi) is 6.26. The summed E-state index contributed by atoms with van der Waals surface area (Å²) in [6.07, 6.45) is 3.92. The summed E-state index contributed by atoms with van der Waals surface area (Å²) in [7, 11) is 0. The van der Waals surface area contributed by atoms with Crippen LogP contribution in [0.15, 0.2) is 12.3 Å². The average Bonchev–Trinajstić information content (AvgIpc) is 2.42. The van der Waals surface area contributed by atoms with Crippen molar-refractivity contribution >= 4 is 5.97 Å². The van der Waals surface area contributed by atoms with Gasteiger partial charge < -0.3 is 9.47 Å². The van der Waals surface area contributed by atoms with E-state index in [0.29, 0.717) is 13.2 Å². The van der Waals surface area contributed by atoms with E-state index in [0.717, 1.165) is 31.4 Å². The minimum absolute atomic E-state index is 0.0148. The number of hydrogen-bond donors (Lipinski definition) is 1. The Morgan fingerprint density at radius 1 is 1.43 bits per heavy atom. The first-order valence-corrected chi connectivity index (χ1v) is 8.02. The van der Waals surface area contributed by atoms with Gasteiger partial charge in [0.1, 0.15) is 19.0 Å². The second kappa shape index (κ2) is 7.30. The van der Waals surface area contributed by atoms with Crippen molar-refractivity contribution in [2.75, 3.05) is 13.2 Å². The number of unbranched alkanes of at least 4 members (excludes halogenated alkanes) is 1. The third kappa shape index (κ3) is 5.03. The van der Waals surface area contributed by atoms with E-state index in [1.54, 1.807) is 0 Å². The molecule has 1 aliphatic heterocycles. The maximum atomic E-state index is 12.2. The molecule has 0 aromatic heterocycles. The van der Waals surface area contributed by atoms with Gasteiger partial charge in [-0.15, -0.1) is 0 Å². The van der Waals surface area contributed by atoms with Crippen LogP contribution in [0.4, 0.5) is 0 Å². The molecule has 0 saturated carbocycles. The van der Waals surface area contributed by atoms with E-state index in [9.17, 15) is 4.79 Å². The summed E-state index contributed by atoms with van der Waals surface area (Å²) in [6.45, 7) is 14.9. The van der Waals surface area contributed by atoms with Crippen molar-refractivity contribution in [2.45, 2.75) is 71.4 Å². The lowest BCUT2D eigenvalue weighted by Gasteiger charge is -2.45. The fourth-order valence-electron chi connectivity index (χ4n) is 2.65. The number of carbonyl (C=O) groups excluding carboxylic acids is 1. The molecule has 0 spiro atoms. The molecular weight excluding hydrogens is 266 g/mol. The molecule has 0 bridgehead atoms. The Balaban J connectivity index is 2.53. The van der Waals surface area contributed by atoms with E-state index in [1.807, 2.05) is 27.7 Å². The summed E-state index contributed by atoms with van der Waals surface area (Å²) in [5.74, 6) is 0.651. The third-order valence-electron chi connectivity index (χ3n) is 4.14. The van der Waals surface area contributed by atoms with Crippen LogP contribution < -0.4 is 5.32 Å². The minimum atomic E-state index is -0.372. The highest BCUT2D eigenvalue weighted by Crippen LogP contribution is 2.27. The van der Waals surface area contributed by atoms with Crippen molar-refractivity contribution < 1.29 is 14.3 Å². The van der Waals surface area contributed by atoms with E-state index in [-0.39, 0.29) is 23.0 Å². The topological polar surface area (TPSA) is 47.6 Å². The van der Waals surface area contributed by atoms with Crippen LogP contribution in [0.2, 0.25) is 0 Å². The van der Waals surface area contributed by atoms with Crippen molar-refractivity contribution in [3.05, 3.63) is 12.3 Å². The molecule has 0 aliphatic carbocycles. The predicted octanol–water partition coefficient (Wildman–Crippen LogP) is 3.42. The van der Waals surface area contributed by atoms with Crippen LogP contribution in [0, 0.1) is 5.92 Å². The number of carbonyl (C=O) groups is 1. The molecule has 0 aromatic carbocycles. The molecule has 0 amide bonds. The summed E-state index contributed by atoms with van der Waals surface area (Å²) >= 11 is 0. The van der Waals surface area contributed by atoms with Gasteiger partial charge in [-0.05, 0) is 33.6 Å². The van der Waals surface area contributed by atoms with Crippen LogP contribution in [0.1, 0.15) is 60.3 Å². The van der Waals surface area contributed by atoms with Gasteiger partial charge in [-0.2, -0.15) is 0 Å². The Morgan fingerprint density at radius 3 is 2.62 bits per heavy atom. The van der Waals surface area contributed by atoms with Gasteiger partial charge in [0.15, 0.2) is 0 Å². The number of ether oxygens (including phenoxy) is 2. The zero-order chi connectivity index (χ0) is 16.1. The summed E-state index contributed by atoms with van der Waals surface area (Å²) in [4.78, 5) is 12.2. The van der Waals surface area contributed by atoms with Crippen LogP contribution in [0.25, 0.3) is 0 Å². The molecule has 4 nitrogen and oxygen atoms in total. The van der Waals surface area contributed by atoms with E-state index in [4.69, 9.17) is 9.47 Å². The van der Waals surface area contributed by atoms with Crippen LogP contribution in [0.5, 0.6) is 0 Å². The minimum Gasteiger partial charge on any atom is -0.495 e. The summed E-state index contributed by atoms with van der Waals surface area (Å²) < 4.78 is 11.2. The van der Waals surface area contributed by atoms with Gasteiger partial charge >= 0.3 is 5.97 Å². The zero-order valence-corrected chi connectivity index (χ0v) is 14.3. The quantitative estimate of drug-likeness (QED) is 0.732. The Bertz CT molecular complexity index is 378. The first-order chi connectivity index (χ1) is 9.74. The number of nitrogens with one attached hydrogen (secondary N) is 1. The number of morpholine rings is 1. The first kappa shape index (κ1) is 18.0. The fourth-order valence-corrected chi connectivity index (χ4v) is 2.65. The van der Waals surface area contributed by atoms with E-state index >= 15 is 0 Å². The molecule has 21 heavy (non-hydrogen) atoms.